The van der Waals surface area contributed by atoms with Gasteiger partial charge in [-0.25, -0.2) is 14.1 Å². The summed E-state index contributed by atoms with van der Waals surface area (Å²) in [7, 11) is 0. The van der Waals surface area contributed by atoms with Gasteiger partial charge in [0.2, 0.25) is 5.88 Å². The van der Waals surface area contributed by atoms with Crippen molar-refractivity contribution in [2.24, 2.45) is 5.92 Å². The highest BCUT2D eigenvalue weighted by molar-refractivity contribution is 5.98. The highest BCUT2D eigenvalue weighted by atomic mass is 19.1. The Balaban J connectivity index is 1.80. The summed E-state index contributed by atoms with van der Waals surface area (Å²) in [5.74, 6) is 0.666. The quantitative estimate of drug-likeness (QED) is 0.601. The number of nitrogens with zero attached hydrogens (tertiary/aromatic N) is 5. The smallest absolute Gasteiger partial charge is 0.220 e. The molecule has 1 unspecified atom stereocenters. The topological polar surface area (TPSA) is 81.5 Å². The molecule has 4 aromatic heterocycles. The van der Waals surface area contributed by atoms with E-state index in [0.29, 0.717) is 35.4 Å². The van der Waals surface area contributed by atoms with E-state index in [4.69, 9.17) is 9.84 Å². The number of fused-ring (bicyclic) bond motifs is 2. The second-order valence-electron chi connectivity index (χ2n) is 6.48. The number of pyridine rings is 2. The van der Waals surface area contributed by atoms with Crippen LogP contribution in [-0.2, 0) is 6.54 Å². The van der Waals surface area contributed by atoms with Gasteiger partial charge < -0.3 is 4.74 Å². The molecule has 1 N–H and O–H groups in total. The SMILES string of the molecule is CC1COc2c(-c3ccnc4[nH]ncc34)c(-c3ccc(F)cn3)nn2C1. The van der Waals surface area contributed by atoms with Crippen molar-refractivity contribution in [2.45, 2.75) is 13.5 Å². The van der Waals surface area contributed by atoms with E-state index in [1.807, 2.05) is 10.7 Å². The molecule has 0 aliphatic carbocycles. The fourth-order valence-corrected chi connectivity index (χ4v) is 3.29. The van der Waals surface area contributed by atoms with Crippen LogP contribution < -0.4 is 4.74 Å². The summed E-state index contributed by atoms with van der Waals surface area (Å²) in [4.78, 5) is 8.52. The number of hydrogen-bond acceptors (Lipinski definition) is 5. The molecule has 0 saturated heterocycles. The second-order valence-corrected chi connectivity index (χ2v) is 6.48. The molecule has 1 atom stereocenters. The van der Waals surface area contributed by atoms with Crippen molar-refractivity contribution < 1.29 is 9.13 Å². The summed E-state index contributed by atoms with van der Waals surface area (Å²) in [5, 5.41) is 12.6. The predicted molar refractivity (Wildman–Crippen MR) is 93.0 cm³/mol. The maximum atomic E-state index is 13.3. The van der Waals surface area contributed by atoms with Crippen LogP contribution in [0.25, 0.3) is 33.5 Å². The summed E-state index contributed by atoms with van der Waals surface area (Å²) < 4.78 is 21.2. The van der Waals surface area contributed by atoms with Gasteiger partial charge in [-0.15, -0.1) is 0 Å². The average Bonchev–Trinajstić information content (AvgIpc) is 3.26. The second kappa shape index (κ2) is 5.62. The van der Waals surface area contributed by atoms with Crippen LogP contribution in [-0.4, -0.2) is 36.6 Å². The molecule has 1 aliphatic rings. The van der Waals surface area contributed by atoms with Gasteiger partial charge in [0, 0.05) is 23.1 Å². The van der Waals surface area contributed by atoms with Gasteiger partial charge in [-0.1, -0.05) is 6.92 Å². The molecule has 0 bridgehead atoms. The summed E-state index contributed by atoms with van der Waals surface area (Å²) in [6, 6.07) is 4.92. The molecule has 5 rings (SSSR count). The van der Waals surface area contributed by atoms with Crippen LogP contribution in [0.15, 0.2) is 36.8 Å². The van der Waals surface area contributed by atoms with Gasteiger partial charge in [0.1, 0.15) is 11.5 Å². The van der Waals surface area contributed by atoms with Crippen LogP contribution in [0.3, 0.4) is 0 Å². The summed E-state index contributed by atoms with van der Waals surface area (Å²) in [6.07, 6.45) is 4.64. The molecule has 5 heterocycles. The van der Waals surface area contributed by atoms with Crippen molar-refractivity contribution in [2.75, 3.05) is 6.61 Å². The Morgan fingerprint density at radius 1 is 1.23 bits per heavy atom. The maximum Gasteiger partial charge on any atom is 0.220 e. The minimum atomic E-state index is -0.384. The fourth-order valence-electron chi connectivity index (χ4n) is 3.29. The van der Waals surface area contributed by atoms with E-state index in [9.17, 15) is 4.39 Å². The first-order chi connectivity index (χ1) is 12.7. The van der Waals surface area contributed by atoms with Gasteiger partial charge >= 0.3 is 0 Å². The van der Waals surface area contributed by atoms with E-state index >= 15 is 0 Å². The number of aromatic amines is 1. The number of halogens is 1. The molecule has 7 nitrogen and oxygen atoms in total. The first kappa shape index (κ1) is 15.0. The lowest BCUT2D eigenvalue weighted by molar-refractivity contribution is 0.176. The predicted octanol–water partition coefficient (Wildman–Crippen LogP) is 3.05. The van der Waals surface area contributed by atoms with Crippen LogP contribution >= 0.6 is 0 Å². The minimum absolute atomic E-state index is 0.357. The molecule has 1 aliphatic heterocycles. The van der Waals surface area contributed by atoms with E-state index < -0.39 is 0 Å². The van der Waals surface area contributed by atoms with E-state index in [2.05, 4.69) is 27.1 Å². The van der Waals surface area contributed by atoms with Gasteiger partial charge in [0.15, 0.2) is 5.65 Å². The lowest BCUT2D eigenvalue weighted by Crippen LogP contribution is -2.23. The third-order valence-electron chi connectivity index (χ3n) is 4.49. The highest BCUT2D eigenvalue weighted by Crippen LogP contribution is 2.42. The van der Waals surface area contributed by atoms with E-state index in [-0.39, 0.29) is 5.82 Å². The number of ether oxygens (including phenoxy) is 1. The normalized spacial score (nSPS) is 16.5. The molecular formula is C18H15FN6O. The number of nitrogens with one attached hydrogen (secondary N) is 1. The Hall–Kier alpha value is -3.29. The molecule has 0 spiro atoms. The molecular weight excluding hydrogens is 335 g/mol. The fraction of sp³-hybridized carbons (Fsp3) is 0.222. The number of hydrogen-bond donors (Lipinski definition) is 1. The molecule has 0 fully saturated rings. The summed E-state index contributed by atoms with van der Waals surface area (Å²) >= 11 is 0. The van der Waals surface area contributed by atoms with Crippen LogP contribution in [0.5, 0.6) is 5.88 Å². The summed E-state index contributed by atoms with van der Waals surface area (Å²) in [6.45, 7) is 3.48. The van der Waals surface area contributed by atoms with Crippen LogP contribution in [0.4, 0.5) is 4.39 Å². The zero-order chi connectivity index (χ0) is 17.7. The molecule has 0 amide bonds. The van der Waals surface area contributed by atoms with Crippen LogP contribution in [0.1, 0.15) is 6.92 Å². The Labute approximate surface area is 147 Å². The van der Waals surface area contributed by atoms with Crippen molar-refractivity contribution in [1.82, 2.24) is 29.9 Å². The third kappa shape index (κ3) is 2.26. The minimum Gasteiger partial charge on any atom is -0.477 e. The van der Waals surface area contributed by atoms with Gasteiger partial charge in [0.25, 0.3) is 0 Å². The number of aromatic nitrogens is 6. The number of H-pyrrole nitrogens is 1. The molecule has 0 radical (unpaired) electrons. The Morgan fingerprint density at radius 2 is 2.15 bits per heavy atom. The Morgan fingerprint density at radius 3 is 3.00 bits per heavy atom. The Kier molecular flexibility index (Phi) is 3.24. The molecule has 4 aromatic rings. The van der Waals surface area contributed by atoms with E-state index in [1.165, 1.54) is 12.3 Å². The van der Waals surface area contributed by atoms with Gasteiger partial charge in [-0.05, 0) is 18.2 Å². The molecule has 8 heteroatoms. The largest absolute Gasteiger partial charge is 0.477 e. The van der Waals surface area contributed by atoms with Crippen LogP contribution in [0, 0.1) is 11.7 Å². The van der Waals surface area contributed by atoms with Crippen LogP contribution in [0.2, 0.25) is 0 Å². The lowest BCUT2D eigenvalue weighted by atomic mass is 10.0. The first-order valence-electron chi connectivity index (χ1n) is 8.34. The maximum absolute atomic E-state index is 13.3. The first-order valence-corrected chi connectivity index (χ1v) is 8.34. The zero-order valence-corrected chi connectivity index (χ0v) is 14.0. The zero-order valence-electron chi connectivity index (χ0n) is 14.0. The van der Waals surface area contributed by atoms with Crippen molar-refractivity contribution >= 4 is 11.0 Å². The van der Waals surface area contributed by atoms with Crippen molar-refractivity contribution in [3.63, 3.8) is 0 Å². The van der Waals surface area contributed by atoms with Gasteiger partial charge in [-0.2, -0.15) is 10.2 Å². The molecule has 0 aromatic carbocycles. The third-order valence-corrected chi connectivity index (χ3v) is 4.49. The molecule has 130 valence electrons. The van der Waals surface area contributed by atoms with Gasteiger partial charge in [-0.3, -0.25) is 10.1 Å². The standard InChI is InChI=1S/C18H15FN6O/c1-10-8-25-18(26-9-10)15(12-4-5-20-17-13(12)7-22-23-17)16(24-25)14-3-2-11(19)6-21-14/h2-7,10H,8-9H2,1H3,(H,20,22,23). The average molecular weight is 350 g/mol. The number of rotatable bonds is 2. The molecule has 0 saturated carbocycles. The lowest BCUT2D eigenvalue weighted by Gasteiger charge is -2.21. The van der Waals surface area contributed by atoms with Crippen molar-refractivity contribution in [3.8, 4) is 28.4 Å². The van der Waals surface area contributed by atoms with Gasteiger partial charge in [0.05, 0.1) is 36.8 Å². The van der Waals surface area contributed by atoms with E-state index in [1.54, 1.807) is 18.5 Å². The van der Waals surface area contributed by atoms with E-state index in [0.717, 1.165) is 23.1 Å². The van der Waals surface area contributed by atoms with Crippen molar-refractivity contribution in [1.29, 1.82) is 0 Å². The molecule has 26 heavy (non-hydrogen) atoms. The Bertz CT molecular complexity index is 1100. The monoisotopic (exact) mass is 350 g/mol. The van der Waals surface area contributed by atoms with Crippen molar-refractivity contribution in [3.05, 3.63) is 42.6 Å². The highest BCUT2D eigenvalue weighted by Gasteiger charge is 2.28. The summed E-state index contributed by atoms with van der Waals surface area (Å²) in [5.41, 5.74) is 3.66.